The zero-order valence-electron chi connectivity index (χ0n) is 15.4. The van der Waals surface area contributed by atoms with E-state index in [1.165, 1.54) is 14.1 Å². The summed E-state index contributed by atoms with van der Waals surface area (Å²) in [6, 6.07) is 7.35. The normalized spacial score (nSPS) is 10.5. The van der Waals surface area contributed by atoms with Crippen LogP contribution in [0.15, 0.2) is 33.9 Å². The zero-order valence-corrected chi connectivity index (χ0v) is 15.4. The maximum absolute atomic E-state index is 12.2. The Labute approximate surface area is 154 Å². The average Bonchev–Trinajstić information content (AvgIpc) is 2.65. The van der Waals surface area contributed by atoms with Gasteiger partial charge in [-0.2, -0.15) is 0 Å². The third-order valence-corrected chi connectivity index (χ3v) is 4.01. The lowest BCUT2D eigenvalue weighted by atomic mass is 10.2. The van der Waals surface area contributed by atoms with Crippen molar-refractivity contribution < 1.29 is 19.1 Å². The summed E-state index contributed by atoms with van der Waals surface area (Å²) >= 11 is 0. The fraction of sp³-hybridized carbons (Fsp3) is 0.333. The number of nitrogens with zero attached hydrogens (tertiary/aromatic N) is 2. The lowest BCUT2D eigenvalue weighted by Gasteiger charge is -2.11. The van der Waals surface area contributed by atoms with E-state index in [9.17, 15) is 19.2 Å². The quantitative estimate of drug-likeness (QED) is 0.540. The van der Waals surface area contributed by atoms with Crippen LogP contribution in [0.4, 0.5) is 5.82 Å². The Hall–Kier alpha value is -3.36. The first-order valence-corrected chi connectivity index (χ1v) is 8.16. The molecule has 1 aromatic heterocycles. The highest BCUT2D eigenvalue weighted by Gasteiger charge is 2.21. The number of hydrogen-bond acceptors (Lipinski definition) is 7. The van der Waals surface area contributed by atoms with E-state index in [1.807, 2.05) is 25.1 Å². The predicted octanol–water partition coefficient (Wildman–Crippen LogP) is 0.170. The first-order valence-electron chi connectivity index (χ1n) is 8.16. The number of anilines is 1. The SMILES string of the molecule is Cc1ccccc1OCCC(=O)OCC(=O)c1c(N)n(C)c(=O)n(C)c1=O. The molecule has 0 bridgehead atoms. The summed E-state index contributed by atoms with van der Waals surface area (Å²) in [5.41, 5.74) is 4.75. The summed E-state index contributed by atoms with van der Waals surface area (Å²) in [6.45, 7) is 1.31. The molecule has 2 N–H and O–H groups in total. The summed E-state index contributed by atoms with van der Waals surface area (Å²) < 4.78 is 12.1. The summed E-state index contributed by atoms with van der Waals surface area (Å²) in [7, 11) is 2.57. The van der Waals surface area contributed by atoms with Gasteiger partial charge in [0, 0.05) is 14.1 Å². The molecule has 144 valence electrons. The van der Waals surface area contributed by atoms with Gasteiger partial charge in [-0.25, -0.2) is 4.79 Å². The Kier molecular flexibility index (Phi) is 6.17. The second-order valence-corrected chi connectivity index (χ2v) is 5.91. The molecule has 0 aliphatic carbocycles. The Morgan fingerprint density at radius 2 is 1.78 bits per heavy atom. The standard InChI is InChI=1S/C18H21N3O6/c1-11-6-4-5-7-13(11)26-9-8-14(23)27-10-12(22)15-16(19)20(2)18(25)21(3)17(15)24/h4-7H,8-10,19H2,1-3H3. The molecule has 9 nitrogen and oxygen atoms in total. The van der Waals surface area contributed by atoms with Crippen LogP contribution in [0.25, 0.3) is 0 Å². The third-order valence-electron chi connectivity index (χ3n) is 4.01. The minimum atomic E-state index is -0.834. The van der Waals surface area contributed by atoms with Gasteiger partial charge in [0.2, 0.25) is 5.78 Å². The van der Waals surface area contributed by atoms with Gasteiger partial charge in [0.25, 0.3) is 5.56 Å². The molecular formula is C18H21N3O6. The van der Waals surface area contributed by atoms with Gasteiger partial charge in [0.05, 0.1) is 13.0 Å². The van der Waals surface area contributed by atoms with Crippen molar-refractivity contribution in [3.63, 3.8) is 0 Å². The number of nitrogens with two attached hydrogens (primary N) is 1. The summed E-state index contributed by atoms with van der Waals surface area (Å²) in [5.74, 6) is -1.05. The van der Waals surface area contributed by atoms with E-state index < -0.39 is 29.6 Å². The van der Waals surface area contributed by atoms with Crippen molar-refractivity contribution in [1.82, 2.24) is 9.13 Å². The number of carbonyl (C=O) groups excluding carboxylic acids is 2. The maximum Gasteiger partial charge on any atom is 0.332 e. The molecule has 0 saturated heterocycles. The number of Topliss-reactive ketones (excluding diaryl/α,β-unsaturated/α-hetero) is 1. The van der Waals surface area contributed by atoms with Gasteiger partial charge in [-0.3, -0.25) is 23.5 Å². The largest absolute Gasteiger partial charge is 0.493 e. The van der Waals surface area contributed by atoms with Gasteiger partial charge in [-0.15, -0.1) is 0 Å². The van der Waals surface area contributed by atoms with Gasteiger partial charge < -0.3 is 15.2 Å². The third kappa shape index (κ3) is 4.43. The molecule has 2 aromatic rings. The number of ketones is 1. The van der Waals surface area contributed by atoms with Crippen molar-refractivity contribution in [2.75, 3.05) is 18.9 Å². The van der Waals surface area contributed by atoms with E-state index in [-0.39, 0.29) is 24.4 Å². The molecular weight excluding hydrogens is 354 g/mol. The number of rotatable bonds is 7. The van der Waals surface area contributed by atoms with Gasteiger partial charge >= 0.3 is 11.7 Å². The van der Waals surface area contributed by atoms with E-state index in [1.54, 1.807) is 6.07 Å². The van der Waals surface area contributed by atoms with E-state index in [0.717, 1.165) is 14.7 Å². The highest BCUT2D eigenvalue weighted by molar-refractivity contribution is 6.01. The maximum atomic E-state index is 12.2. The Morgan fingerprint density at radius 1 is 1.11 bits per heavy atom. The molecule has 1 heterocycles. The molecule has 0 atom stereocenters. The Bertz CT molecular complexity index is 990. The van der Waals surface area contributed by atoms with Crippen LogP contribution in [0.3, 0.4) is 0 Å². The first-order chi connectivity index (χ1) is 12.7. The van der Waals surface area contributed by atoms with E-state index in [0.29, 0.717) is 5.75 Å². The smallest absolute Gasteiger partial charge is 0.332 e. The molecule has 0 spiro atoms. The number of hydrogen-bond donors (Lipinski definition) is 1. The molecule has 1 aromatic carbocycles. The van der Waals surface area contributed by atoms with Crippen molar-refractivity contribution in [3.05, 3.63) is 56.2 Å². The van der Waals surface area contributed by atoms with Crippen LogP contribution in [0, 0.1) is 6.92 Å². The number of esters is 1. The molecule has 27 heavy (non-hydrogen) atoms. The molecule has 0 saturated carbocycles. The van der Waals surface area contributed by atoms with Crippen molar-refractivity contribution in [2.24, 2.45) is 14.1 Å². The Morgan fingerprint density at radius 3 is 2.44 bits per heavy atom. The molecule has 0 amide bonds. The van der Waals surface area contributed by atoms with Gasteiger partial charge in [0.15, 0.2) is 6.61 Å². The van der Waals surface area contributed by atoms with Crippen LogP contribution in [0.2, 0.25) is 0 Å². The molecule has 0 aliphatic rings. The molecule has 0 fully saturated rings. The lowest BCUT2D eigenvalue weighted by Crippen LogP contribution is -2.42. The molecule has 0 radical (unpaired) electrons. The monoisotopic (exact) mass is 375 g/mol. The first kappa shape index (κ1) is 20.0. The van der Waals surface area contributed by atoms with Gasteiger partial charge in [-0.05, 0) is 18.6 Å². The van der Waals surface area contributed by atoms with Gasteiger partial charge in [0.1, 0.15) is 17.1 Å². The summed E-state index contributed by atoms with van der Waals surface area (Å²) in [5, 5.41) is 0. The number of carbonyl (C=O) groups is 2. The van der Waals surface area contributed by atoms with E-state index >= 15 is 0 Å². The fourth-order valence-corrected chi connectivity index (χ4v) is 2.38. The van der Waals surface area contributed by atoms with Crippen LogP contribution in [0.5, 0.6) is 5.75 Å². The van der Waals surface area contributed by atoms with E-state index in [2.05, 4.69) is 0 Å². The number of ether oxygens (including phenoxy) is 2. The second kappa shape index (κ2) is 8.35. The van der Waals surface area contributed by atoms with Crippen molar-refractivity contribution >= 4 is 17.6 Å². The number of nitrogen functional groups attached to an aromatic ring is 1. The molecule has 2 rings (SSSR count). The highest BCUT2D eigenvalue weighted by Crippen LogP contribution is 2.16. The van der Waals surface area contributed by atoms with Crippen molar-refractivity contribution in [1.29, 1.82) is 0 Å². The van der Waals surface area contributed by atoms with Crippen LogP contribution in [-0.4, -0.2) is 34.1 Å². The van der Waals surface area contributed by atoms with E-state index in [4.69, 9.17) is 15.2 Å². The fourth-order valence-electron chi connectivity index (χ4n) is 2.38. The zero-order chi connectivity index (χ0) is 20.1. The molecule has 0 unspecified atom stereocenters. The lowest BCUT2D eigenvalue weighted by molar-refractivity contribution is -0.143. The number of aryl methyl sites for hydroxylation is 1. The number of aromatic nitrogens is 2. The molecule has 9 heteroatoms. The van der Waals surface area contributed by atoms with Crippen LogP contribution in [0.1, 0.15) is 22.3 Å². The number of benzene rings is 1. The van der Waals surface area contributed by atoms with Crippen molar-refractivity contribution in [3.8, 4) is 5.75 Å². The molecule has 0 aliphatic heterocycles. The van der Waals surface area contributed by atoms with Crippen LogP contribution in [-0.2, 0) is 23.6 Å². The summed E-state index contributed by atoms with van der Waals surface area (Å²) in [4.78, 5) is 47.9. The Balaban J connectivity index is 1.94. The van der Waals surface area contributed by atoms with Gasteiger partial charge in [-0.1, -0.05) is 18.2 Å². The summed E-state index contributed by atoms with van der Waals surface area (Å²) in [6.07, 6.45) is -0.0671. The topological polar surface area (TPSA) is 123 Å². The van der Waals surface area contributed by atoms with Crippen LogP contribution < -0.4 is 21.7 Å². The van der Waals surface area contributed by atoms with Crippen LogP contribution >= 0.6 is 0 Å². The average molecular weight is 375 g/mol. The predicted molar refractivity (Wildman–Crippen MR) is 97.9 cm³/mol. The second-order valence-electron chi connectivity index (χ2n) is 5.91. The highest BCUT2D eigenvalue weighted by atomic mass is 16.5. The number of para-hydroxylation sites is 1. The minimum Gasteiger partial charge on any atom is -0.493 e. The minimum absolute atomic E-state index is 0.0671. The van der Waals surface area contributed by atoms with Crippen molar-refractivity contribution in [2.45, 2.75) is 13.3 Å².